The molecule has 0 aliphatic heterocycles. The van der Waals surface area contributed by atoms with E-state index in [-0.39, 0.29) is 13.2 Å². The number of rotatable bonds is 8. The van der Waals surface area contributed by atoms with Gasteiger partial charge in [0.15, 0.2) is 0 Å². The second kappa shape index (κ2) is 12.3. The maximum atomic E-state index is 12.0. The SMILES string of the molecule is C=CC(=O)OCCOc1c(-c2cccc3c2oc2ccccc23)cc(-c2cccc3c2oc2ccccc23)cc1-c1cccc2c1oc1ccccc12. The van der Waals surface area contributed by atoms with Crippen LogP contribution >= 0.6 is 0 Å². The molecule has 0 radical (unpaired) electrons. The van der Waals surface area contributed by atoms with E-state index >= 15 is 0 Å². The predicted molar refractivity (Wildman–Crippen MR) is 211 cm³/mol. The molecule has 0 aliphatic rings. The Labute approximate surface area is 303 Å². The molecule has 0 bridgehead atoms. The fourth-order valence-corrected chi connectivity index (χ4v) is 7.58. The van der Waals surface area contributed by atoms with Crippen molar-refractivity contribution in [2.75, 3.05) is 13.2 Å². The summed E-state index contributed by atoms with van der Waals surface area (Å²) in [6.07, 6.45) is 1.15. The summed E-state index contributed by atoms with van der Waals surface area (Å²) >= 11 is 0. The first-order valence-corrected chi connectivity index (χ1v) is 17.5. The molecule has 0 unspecified atom stereocenters. The maximum Gasteiger partial charge on any atom is 0.330 e. The maximum absolute atomic E-state index is 12.0. The number of ether oxygens (including phenoxy) is 2. The zero-order chi connectivity index (χ0) is 35.5. The van der Waals surface area contributed by atoms with Crippen molar-refractivity contribution < 1.29 is 27.5 Å². The number of furan rings is 3. The molecule has 0 fully saturated rings. The van der Waals surface area contributed by atoms with Crippen molar-refractivity contribution in [2.45, 2.75) is 0 Å². The van der Waals surface area contributed by atoms with Crippen molar-refractivity contribution in [3.05, 3.63) is 152 Å². The Morgan fingerprint density at radius 3 is 1.38 bits per heavy atom. The predicted octanol–water partition coefficient (Wildman–Crippen LogP) is 12.5. The first kappa shape index (κ1) is 30.7. The van der Waals surface area contributed by atoms with E-state index in [1.165, 1.54) is 0 Å². The molecule has 0 saturated carbocycles. The lowest BCUT2D eigenvalue weighted by atomic mass is 9.90. The van der Waals surface area contributed by atoms with Gasteiger partial charge in [-0.1, -0.05) is 116 Å². The summed E-state index contributed by atoms with van der Waals surface area (Å²) in [6.45, 7) is 3.67. The number of hydrogen-bond acceptors (Lipinski definition) is 6. The lowest BCUT2D eigenvalue weighted by molar-refractivity contribution is -0.138. The van der Waals surface area contributed by atoms with E-state index in [2.05, 4.69) is 79.4 Å². The molecular formula is C47H30O6. The minimum Gasteiger partial charge on any atom is -0.489 e. The summed E-state index contributed by atoms with van der Waals surface area (Å²) < 4.78 is 31.9. The third kappa shape index (κ3) is 4.99. The van der Waals surface area contributed by atoms with Crippen molar-refractivity contribution in [3.63, 3.8) is 0 Å². The average molecular weight is 691 g/mol. The van der Waals surface area contributed by atoms with E-state index < -0.39 is 5.97 Å². The number of carbonyl (C=O) groups excluding carboxylic acids is 1. The molecule has 0 saturated heterocycles. The molecule has 6 nitrogen and oxygen atoms in total. The Hall–Kier alpha value is -7.05. The van der Waals surface area contributed by atoms with E-state index in [0.29, 0.717) is 5.75 Å². The summed E-state index contributed by atoms with van der Waals surface area (Å²) in [5, 5.41) is 6.13. The second-order valence-corrected chi connectivity index (χ2v) is 13.0. The first-order valence-electron chi connectivity index (χ1n) is 17.5. The van der Waals surface area contributed by atoms with Gasteiger partial charge in [0.2, 0.25) is 0 Å². The molecule has 53 heavy (non-hydrogen) atoms. The van der Waals surface area contributed by atoms with Gasteiger partial charge in [0.05, 0.1) is 0 Å². The standard InChI is InChI=1S/C47H30O6/c1-2-43(48)49-24-25-50-44-38(36-19-10-17-34-31-13-4-7-22-41(31)52-46(34)36)26-28(29-15-9-16-33-30-12-3-6-21-40(30)51-45(29)33)27-39(44)37-20-11-18-35-32-14-5-8-23-42(32)53-47(35)37/h2-23,26-27H,1,24-25H2. The highest BCUT2D eigenvalue weighted by Crippen LogP contribution is 2.49. The number of hydrogen-bond donors (Lipinski definition) is 0. The van der Waals surface area contributed by atoms with Crippen LogP contribution in [0.3, 0.4) is 0 Å². The zero-order valence-corrected chi connectivity index (χ0v) is 28.4. The third-order valence-corrected chi connectivity index (χ3v) is 9.93. The van der Waals surface area contributed by atoms with E-state index in [4.69, 9.17) is 22.7 Å². The Bertz CT molecular complexity index is 2930. The van der Waals surface area contributed by atoms with Crippen LogP contribution in [0.25, 0.3) is 99.2 Å². The van der Waals surface area contributed by atoms with Gasteiger partial charge >= 0.3 is 5.97 Å². The van der Waals surface area contributed by atoms with Crippen molar-refractivity contribution in [1.82, 2.24) is 0 Å². The monoisotopic (exact) mass is 690 g/mol. The fraction of sp³-hybridized carbons (Fsp3) is 0.0426. The first-order chi connectivity index (χ1) is 26.2. The van der Waals surface area contributed by atoms with E-state index in [0.717, 1.165) is 105 Å². The van der Waals surface area contributed by atoms with Gasteiger partial charge in [0, 0.05) is 66.2 Å². The molecule has 10 rings (SSSR count). The van der Waals surface area contributed by atoms with Crippen LogP contribution in [0.2, 0.25) is 0 Å². The topological polar surface area (TPSA) is 75.0 Å². The lowest BCUT2D eigenvalue weighted by Gasteiger charge is -2.19. The lowest BCUT2D eigenvalue weighted by Crippen LogP contribution is -2.11. The summed E-state index contributed by atoms with van der Waals surface area (Å²) in [5.74, 6) is 0.0866. The van der Waals surface area contributed by atoms with Gasteiger partial charge in [-0.05, 0) is 35.9 Å². The van der Waals surface area contributed by atoms with Crippen LogP contribution in [-0.2, 0) is 9.53 Å². The van der Waals surface area contributed by atoms with Gasteiger partial charge in [-0.25, -0.2) is 4.79 Å². The van der Waals surface area contributed by atoms with E-state index in [9.17, 15) is 4.79 Å². The molecule has 0 N–H and O–H groups in total. The van der Waals surface area contributed by atoms with Gasteiger partial charge in [-0.15, -0.1) is 0 Å². The summed E-state index contributed by atoms with van der Waals surface area (Å²) in [6, 6.07) is 47.1. The normalized spacial score (nSPS) is 11.7. The summed E-state index contributed by atoms with van der Waals surface area (Å²) in [7, 11) is 0. The molecule has 3 heterocycles. The highest BCUT2D eigenvalue weighted by molar-refractivity contribution is 6.14. The number of carbonyl (C=O) groups is 1. The van der Waals surface area contributed by atoms with Crippen molar-refractivity contribution in [3.8, 4) is 39.1 Å². The fourth-order valence-electron chi connectivity index (χ4n) is 7.58. The van der Waals surface area contributed by atoms with E-state index in [1.54, 1.807) is 0 Å². The zero-order valence-electron chi connectivity index (χ0n) is 28.4. The van der Waals surface area contributed by atoms with Crippen molar-refractivity contribution in [2.24, 2.45) is 0 Å². The Morgan fingerprint density at radius 2 is 0.906 bits per heavy atom. The van der Waals surface area contributed by atoms with Gasteiger partial charge < -0.3 is 22.7 Å². The second-order valence-electron chi connectivity index (χ2n) is 13.0. The molecule has 0 spiro atoms. The average Bonchev–Trinajstić information content (AvgIpc) is 3.90. The Kier molecular flexibility index (Phi) is 7.15. The molecule has 0 atom stereocenters. The van der Waals surface area contributed by atoms with Crippen LogP contribution in [0.15, 0.2) is 165 Å². The molecule has 10 aromatic rings. The minimum absolute atomic E-state index is 0.0352. The van der Waals surface area contributed by atoms with Crippen LogP contribution in [0.1, 0.15) is 0 Å². The van der Waals surface area contributed by atoms with Crippen LogP contribution in [-0.4, -0.2) is 19.2 Å². The van der Waals surface area contributed by atoms with Crippen molar-refractivity contribution in [1.29, 1.82) is 0 Å². The molecular weight excluding hydrogens is 661 g/mol. The minimum atomic E-state index is -0.512. The van der Waals surface area contributed by atoms with Gasteiger partial charge in [-0.3, -0.25) is 0 Å². The number of para-hydroxylation sites is 6. The van der Waals surface area contributed by atoms with Crippen LogP contribution in [0.4, 0.5) is 0 Å². The van der Waals surface area contributed by atoms with Crippen molar-refractivity contribution >= 4 is 71.8 Å². The number of benzene rings is 7. The van der Waals surface area contributed by atoms with Crippen LogP contribution in [0, 0.1) is 0 Å². The summed E-state index contributed by atoms with van der Waals surface area (Å²) in [5.41, 5.74) is 9.86. The van der Waals surface area contributed by atoms with Crippen LogP contribution < -0.4 is 4.74 Å². The number of esters is 1. The molecule has 0 amide bonds. The Balaban J connectivity index is 1.30. The summed E-state index contributed by atoms with van der Waals surface area (Å²) in [4.78, 5) is 12.0. The van der Waals surface area contributed by atoms with Gasteiger partial charge in [0.25, 0.3) is 0 Å². The quantitative estimate of drug-likeness (QED) is 0.0897. The smallest absolute Gasteiger partial charge is 0.330 e. The molecule has 7 aromatic carbocycles. The molecule has 6 heteroatoms. The van der Waals surface area contributed by atoms with Crippen LogP contribution in [0.5, 0.6) is 5.75 Å². The highest BCUT2D eigenvalue weighted by atomic mass is 16.6. The van der Waals surface area contributed by atoms with Gasteiger partial charge in [-0.2, -0.15) is 0 Å². The largest absolute Gasteiger partial charge is 0.489 e. The molecule has 0 aliphatic carbocycles. The van der Waals surface area contributed by atoms with E-state index in [1.807, 2.05) is 66.7 Å². The number of fused-ring (bicyclic) bond motifs is 9. The molecule has 3 aromatic heterocycles. The third-order valence-electron chi connectivity index (χ3n) is 9.93. The van der Waals surface area contributed by atoms with Gasteiger partial charge in [0.1, 0.15) is 52.5 Å². The molecule has 254 valence electrons. The highest BCUT2D eigenvalue weighted by Gasteiger charge is 2.24. The Morgan fingerprint density at radius 1 is 0.491 bits per heavy atom.